The molecule has 0 aliphatic rings. The molecule has 0 aliphatic heterocycles. The Hall–Kier alpha value is -4.21. The summed E-state index contributed by atoms with van der Waals surface area (Å²) >= 11 is 0. The molecule has 0 atom stereocenters. The van der Waals surface area contributed by atoms with Crippen LogP contribution in [0.3, 0.4) is 0 Å². The number of nitro benzene ring substituents is 1. The number of carbonyl (C=O) groups is 3. The van der Waals surface area contributed by atoms with E-state index in [1.807, 2.05) is 0 Å². The third-order valence-corrected chi connectivity index (χ3v) is 3.65. The topological polar surface area (TPSA) is 134 Å². The summed E-state index contributed by atoms with van der Waals surface area (Å²) in [5.41, 5.74) is -0.552. The van der Waals surface area contributed by atoms with Gasteiger partial charge in [-0.1, -0.05) is 6.58 Å². The Bertz CT molecular complexity index is 1000. The quantitative estimate of drug-likeness (QED) is 0.324. The summed E-state index contributed by atoms with van der Waals surface area (Å²) < 4.78 is 14.8. The first-order valence-corrected chi connectivity index (χ1v) is 8.01. The lowest BCUT2D eigenvalue weighted by molar-refractivity contribution is -0.385. The molecule has 0 unspecified atom stereocenters. The molecule has 1 amide bonds. The minimum absolute atomic E-state index is 0.00954. The zero-order valence-corrected chi connectivity index (χ0v) is 15.5. The second kappa shape index (κ2) is 9.13. The highest BCUT2D eigenvalue weighted by atomic mass is 16.6. The van der Waals surface area contributed by atoms with Crippen LogP contribution in [0.25, 0.3) is 0 Å². The summed E-state index contributed by atoms with van der Waals surface area (Å²) in [6.45, 7) is 3.34. The first kappa shape index (κ1) is 21.1. The number of esters is 2. The summed E-state index contributed by atoms with van der Waals surface area (Å²) in [7, 11) is 2.27. The Morgan fingerprint density at radius 1 is 1.00 bits per heavy atom. The zero-order chi connectivity index (χ0) is 21.6. The molecule has 0 heterocycles. The van der Waals surface area contributed by atoms with Gasteiger partial charge in [-0.3, -0.25) is 14.9 Å². The molecular weight excluding hydrogens is 384 g/mol. The van der Waals surface area contributed by atoms with E-state index in [0.717, 1.165) is 25.3 Å². The molecule has 0 fully saturated rings. The maximum Gasteiger partial charge on any atom is 0.345 e. The van der Waals surface area contributed by atoms with Crippen molar-refractivity contribution in [1.82, 2.24) is 0 Å². The van der Waals surface area contributed by atoms with Gasteiger partial charge < -0.3 is 19.5 Å². The van der Waals surface area contributed by atoms with Crippen molar-refractivity contribution in [1.29, 1.82) is 0 Å². The highest BCUT2D eigenvalue weighted by Crippen LogP contribution is 2.30. The zero-order valence-electron chi connectivity index (χ0n) is 15.5. The number of rotatable bonds is 7. The highest BCUT2D eigenvalue weighted by Gasteiger charge is 2.22. The van der Waals surface area contributed by atoms with Crippen LogP contribution in [0.4, 0.5) is 11.4 Å². The Balaban J connectivity index is 2.42. The van der Waals surface area contributed by atoms with Crippen LogP contribution < -0.4 is 10.1 Å². The second-order valence-corrected chi connectivity index (χ2v) is 5.42. The van der Waals surface area contributed by atoms with Crippen LogP contribution in [-0.4, -0.2) is 37.0 Å². The number of benzene rings is 2. The Morgan fingerprint density at radius 2 is 1.55 bits per heavy atom. The van der Waals surface area contributed by atoms with Crippen molar-refractivity contribution < 1.29 is 33.5 Å². The predicted molar refractivity (Wildman–Crippen MR) is 101 cm³/mol. The van der Waals surface area contributed by atoms with E-state index in [0.29, 0.717) is 0 Å². The number of nitrogens with zero attached hydrogens (tertiary/aromatic N) is 1. The number of methoxy groups -OCH3 is 2. The SMILES string of the molecule is C=CC(=O)Nc1ccc(Oc2ccc([N+](=O)[O-])c(C(=O)OC)c2)cc1C(=O)OC. The van der Waals surface area contributed by atoms with E-state index in [-0.39, 0.29) is 28.3 Å². The number of carbonyl (C=O) groups excluding carboxylic acids is 3. The number of hydrogen-bond acceptors (Lipinski definition) is 8. The van der Waals surface area contributed by atoms with Crippen molar-refractivity contribution >= 4 is 29.2 Å². The molecule has 2 aromatic carbocycles. The van der Waals surface area contributed by atoms with Crippen LogP contribution in [0.5, 0.6) is 11.5 Å². The van der Waals surface area contributed by atoms with E-state index >= 15 is 0 Å². The minimum atomic E-state index is -0.903. The van der Waals surface area contributed by atoms with Gasteiger partial charge in [0.25, 0.3) is 5.69 Å². The lowest BCUT2D eigenvalue weighted by Crippen LogP contribution is -2.12. The normalized spacial score (nSPS) is 9.86. The van der Waals surface area contributed by atoms with Crippen molar-refractivity contribution in [3.05, 3.63) is 70.3 Å². The van der Waals surface area contributed by atoms with E-state index < -0.39 is 28.5 Å². The Morgan fingerprint density at radius 3 is 2.10 bits per heavy atom. The van der Waals surface area contributed by atoms with Crippen LogP contribution in [0.1, 0.15) is 20.7 Å². The molecule has 10 heteroatoms. The van der Waals surface area contributed by atoms with Crippen LogP contribution in [0.15, 0.2) is 49.1 Å². The summed E-state index contributed by atoms with van der Waals surface area (Å²) in [5.74, 6) is -1.91. The second-order valence-electron chi connectivity index (χ2n) is 5.42. The summed E-state index contributed by atoms with van der Waals surface area (Å²) in [6.07, 6.45) is 1.04. The van der Waals surface area contributed by atoms with Crippen LogP contribution in [0, 0.1) is 10.1 Å². The first-order valence-electron chi connectivity index (χ1n) is 8.01. The van der Waals surface area contributed by atoms with Gasteiger partial charge in [-0.05, 0) is 30.3 Å². The molecule has 0 saturated carbocycles. The van der Waals surface area contributed by atoms with Gasteiger partial charge in [-0.15, -0.1) is 0 Å². The smallest absolute Gasteiger partial charge is 0.345 e. The number of nitrogens with one attached hydrogen (secondary N) is 1. The van der Waals surface area contributed by atoms with Crippen molar-refractivity contribution in [3.8, 4) is 11.5 Å². The average Bonchev–Trinajstić information content (AvgIpc) is 2.73. The molecule has 0 aliphatic carbocycles. The van der Waals surface area contributed by atoms with Gasteiger partial charge in [0.2, 0.25) is 5.91 Å². The lowest BCUT2D eigenvalue weighted by atomic mass is 10.1. The molecule has 150 valence electrons. The number of ether oxygens (including phenoxy) is 3. The van der Waals surface area contributed by atoms with Crippen molar-refractivity contribution in [2.45, 2.75) is 0 Å². The molecule has 29 heavy (non-hydrogen) atoms. The number of nitro groups is 1. The summed E-state index contributed by atoms with van der Waals surface area (Å²) in [5, 5.41) is 13.5. The van der Waals surface area contributed by atoms with E-state index in [1.165, 1.54) is 31.4 Å². The number of amides is 1. The van der Waals surface area contributed by atoms with E-state index in [9.17, 15) is 24.5 Å². The van der Waals surface area contributed by atoms with Crippen molar-refractivity contribution in [2.75, 3.05) is 19.5 Å². The maximum atomic E-state index is 12.0. The third-order valence-electron chi connectivity index (χ3n) is 3.65. The molecule has 10 nitrogen and oxygen atoms in total. The number of hydrogen-bond donors (Lipinski definition) is 1. The fourth-order valence-electron chi connectivity index (χ4n) is 2.31. The predicted octanol–water partition coefficient (Wildman–Crippen LogP) is 3.08. The largest absolute Gasteiger partial charge is 0.465 e. The van der Waals surface area contributed by atoms with Gasteiger partial charge >= 0.3 is 11.9 Å². The summed E-state index contributed by atoms with van der Waals surface area (Å²) in [4.78, 5) is 45.7. The molecule has 0 saturated heterocycles. The van der Waals surface area contributed by atoms with Crippen LogP contribution >= 0.6 is 0 Å². The van der Waals surface area contributed by atoms with Crippen LogP contribution in [0.2, 0.25) is 0 Å². The van der Waals surface area contributed by atoms with Crippen LogP contribution in [-0.2, 0) is 14.3 Å². The van der Waals surface area contributed by atoms with E-state index in [4.69, 9.17) is 9.47 Å². The molecule has 0 bridgehead atoms. The standard InChI is InChI=1S/C19H16N2O8/c1-4-17(22)20-15-7-5-11(9-13(15)18(23)27-2)29-12-6-8-16(21(25)26)14(10-12)19(24)28-3/h4-10H,1H2,2-3H3,(H,20,22). The monoisotopic (exact) mass is 400 g/mol. The molecule has 0 radical (unpaired) electrons. The first-order chi connectivity index (χ1) is 13.8. The van der Waals surface area contributed by atoms with E-state index in [1.54, 1.807) is 0 Å². The molecular formula is C19H16N2O8. The highest BCUT2D eigenvalue weighted by molar-refractivity contribution is 6.05. The van der Waals surface area contributed by atoms with E-state index in [2.05, 4.69) is 16.6 Å². The van der Waals surface area contributed by atoms with Gasteiger partial charge in [0.1, 0.15) is 17.1 Å². The molecule has 2 aromatic rings. The van der Waals surface area contributed by atoms with Crippen molar-refractivity contribution in [3.63, 3.8) is 0 Å². The van der Waals surface area contributed by atoms with Gasteiger partial charge in [0.05, 0.1) is 30.4 Å². The van der Waals surface area contributed by atoms with Gasteiger partial charge in [0, 0.05) is 12.1 Å². The lowest BCUT2D eigenvalue weighted by Gasteiger charge is -2.12. The number of anilines is 1. The molecule has 0 spiro atoms. The van der Waals surface area contributed by atoms with Gasteiger partial charge in [-0.2, -0.15) is 0 Å². The fourth-order valence-corrected chi connectivity index (χ4v) is 2.31. The Labute approximate surface area is 164 Å². The molecule has 0 aromatic heterocycles. The average molecular weight is 400 g/mol. The Kier molecular flexibility index (Phi) is 6.64. The third kappa shape index (κ3) is 4.95. The molecule has 2 rings (SSSR count). The maximum absolute atomic E-state index is 12.0. The minimum Gasteiger partial charge on any atom is -0.465 e. The summed E-state index contributed by atoms with van der Waals surface area (Å²) in [6, 6.07) is 7.70. The fraction of sp³-hybridized carbons (Fsp3) is 0.105. The van der Waals surface area contributed by atoms with Gasteiger partial charge in [-0.25, -0.2) is 9.59 Å². The molecule has 1 N–H and O–H groups in total. The van der Waals surface area contributed by atoms with Crippen molar-refractivity contribution in [2.24, 2.45) is 0 Å². The van der Waals surface area contributed by atoms with Gasteiger partial charge in [0.15, 0.2) is 0 Å².